The van der Waals surface area contributed by atoms with Crippen LogP contribution in [0.25, 0.3) is 0 Å². The summed E-state index contributed by atoms with van der Waals surface area (Å²) in [7, 11) is 0. The minimum absolute atomic E-state index is 0.754. The van der Waals surface area contributed by atoms with Gasteiger partial charge in [0.1, 0.15) is 0 Å². The van der Waals surface area contributed by atoms with Gasteiger partial charge in [0.05, 0.1) is 0 Å². The van der Waals surface area contributed by atoms with Crippen LogP contribution in [0.3, 0.4) is 0 Å². The number of aromatic nitrogens is 1. The summed E-state index contributed by atoms with van der Waals surface area (Å²) in [4.78, 5) is 12.8. The molecule has 0 spiro atoms. The van der Waals surface area contributed by atoms with Crippen molar-refractivity contribution in [3.05, 3.63) is 24.0 Å². The molecule has 0 aliphatic carbocycles. The van der Waals surface area contributed by atoms with Crippen molar-refractivity contribution < 1.29 is 4.79 Å². The summed E-state index contributed by atoms with van der Waals surface area (Å²) in [5.74, 6) is 0. The van der Waals surface area contributed by atoms with E-state index in [1.807, 2.05) is 18.5 Å². The van der Waals surface area contributed by atoms with E-state index in [1.165, 1.54) is 0 Å². The van der Waals surface area contributed by atoms with Crippen molar-refractivity contribution in [2.45, 2.75) is 20.4 Å². The number of hydrogen-bond donors (Lipinski definition) is 0. The Morgan fingerprint density at radius 3 is 2.64 bits per heavy atom. The van der Waals surface area contributed by atoms with Crippen molar-refractivity contribution in [1.82, 2.24) is 9.47 Å². The third-order valence-corrected chi connectivity index (χ3v) is 2.48. The van der Waals surface area contributed by atoms with E-state index >= 15 is 0 Å². The first-order chi connectivity index (χ1) is 6.80. The van der Waals surface area contributed by atoms with Crippen molar-refractivity contribution in [1.29, 1.82) is 0 Å². The fourth-order valence-corrected chi connectivity index (χ4v) is 1.46. The number of carbonyl (C=O) groups is 1. The SMILES string of the molecule is CCN(CC)CCn1ccc(C=O)c1. The summed E-state index contributed by atoms with van der Waals surface area (Å²) in [6.07, 6.45) is 4.72. The Kier molecular flexibility index (Phi) is 4.40. The van der Waals surface area contributed by atoms with Gasteiger partial charge in [0.2, 0.25) is 0 Å². The van der Waals surface area contributed by atoms with E-state index in [1.54, 1.807) is 0 Å². The molecule has 1 aromatic heterocycles. The Hall–Kier alpha value is -1.09. The molecule has 0 aromatic carbocycles. The summed E-state index contributed by atoms with van der Waals surface area (Å²) in [5, 5.41) is 0. The number of likely N-dealkylation sites (N-methyl/N-ethyl adjacent to an activating group) is 1. The average Bonchev–Trinajstić information content (AvgIpc) is 2.67. The molecule has 1 aromatic rings. The van der Waals surface area contributed by atoms with Crippen molar-refractivity contribution >= 4 is 6.29 Å². The third-order valence-electron chi connectivity index (χ3n) is 2.48. The Balaban J connectivity index is 2.40. The van der Waals surface area contributed by atoms with Crippen molar-refractivity contribution in [3.63, 3.8) is 0 Å². The Labute approximate surface area is 85.3 Å². The van der Waals surface area contributed by atoms with Gasteiger partial charge in [-0.05, 0) is 19.2 Å². The van der Waals surface area contributed by atoms with Gasteiger partial charge in [-0.1, -0.05) is 13.8 Å². The van der Waals surface area contributed by atoms with Crippen LogP contribution in [0.15, 0.2) is 18.5 Å². The highest BCUT2D eigenvalue weighted by Crippen LogP contribution is 1.98. The summed E-state index contributed by atoms with van der Waals surface area (Å²) >= 11 is 0. The predicted octanol–water partition coefficient (Wildman–Crippen LogP) is 1.64. The second-order valence-corrected chi connectivity index (χ2v) is 3.33. The second kappa shape index (κ2) is 5.60. The average molecular weight is 194 g/mol. The van der Waals surface area contributed by atoms with E-state index in [0.29, 0.717) is 0 Å². The molecule has 0 saturated carbocycles. The number of aldehydes is 1. The molecular formula is C11H18N2O. The van der Waals surface area contributed by atoms with E-state index in [-0.39, 0.29) is 0 Å². The van der Waals surface area contributed by atoms with Crippen molar-refractivity contribution in [2.24, 2.45) is 0 Å². The molecule has 0 aliphatic rings. The number of hydrogen-bond acceptors (Lipinski definition) is 2. The van der Waals surface area contributed by atoms with Crippen LogP contribution in [0, 0.1) is 0 Å². The zero-order chi connectivity index (χ0) is 10.4. The molecule has 3 heteroatoms. The molecule has 14 heavy (non-hydrogen) atoms. The first kappa shape index (κ1) is 11.0. The molecule has 1 heterocycles. The maximum atomic E-state index is 10.4. The lowest BCUT2D eigenvalue weighted by atomic mass is 10.4. The van der Waals surface area contributed by atoms with Gasteiger partial charge in [-0.3, -0.25) is 4.79 Å². The van der Waals surface area contributed by atoms with Crippen molar-refractivity contribution in [3.8, 4) is 0 Å². The summed E-state index contributed by atoms with van der Waals surface area (Å²) in [6.45, 7) is 8.48. The van der Waals surface area contributed by atoms with Gasteiger partial charge in [0.15, 0.2) is 6.29 Å². The van der Waals surface area contributed by atoms with Gasteiger partial charge >= 0.3 is 0 Å². The Bertz CT molecular complexity index is 277. The molecule has 0 unspecified atom stereocenters. The predicted molar refractivity (Wildman–Crippen MR) is 57.6 cm³/mol. The van der Waals surface area contributed by atoms with E-state index in [0.717, 1.165) is 38.0 Å². The zero-order valence-corrected chi connectivity index (χ0v) is 8.94. The molecule has 0 fully saturated rings. The highest BCUT2D eigenvalue weighted by atomic mass is 16.1. The lowest BCUT2D eigenvalue weighted by Gasteiger charge is -2.17. The zero-order valence-electron chi connectivity index (χ0n) is 8.94. The molecule has 3 nitrogen and oxygen atoms in total. The van der Waals surface area contributed by atoms with Crippen LogP contribution in [0.2, 0.25) is 0 Å². The van der Waals surface area contributed by atoms with Gasteiger partial charge in [-0.2, -0.15) is 0 Å². The molecule has 1 rings (SSSR count). The van der Waals surface area contributed by atoms with Gasteiger partial charge in [-0.15, -0.1) is 0 Å². The Morgan fingerprint density at radius 2 is 2.14 bits per heavy atom. The smallest absolute Gasteiger partial charge is 0.151 e. The normalized spacial score (nSPS) is 10.8. The lowest BCUT2D eigenvalue weighted by molar-refractivity contribution is 0.112. The van der Waals surface area contributed by atoms with E-state index in [2.05, 4.69) is 23.3 Å². The van der Waals surface area contributed by atoms with Gasteiger partial charge in [0, 0.05) is 31.0 Å². The van der Waals surface area contributed by atoms with E-state index < -0.39 is 0 Å². The summed E-state index contributed by atoms with van der Waals surface area (Å²) in [6, 6.07) is 1.84. The fraction of sp³-hybridized carbons (Fsp3) is 0.545. The molecule has 0 N–H and O–H groups in total. The van der Waals surface area contributed by atoms with Gasteiger partial charge < -0.3 is 9.47 Å². The van der Waals surface area contributed by atoms with Crippen LogP contribution >= 0.6 is 0 Å². The second-order valence-electron chi connectivity index (χ2n) is 3.33. The highest BCUT2D eigenvalue weighted by Gasteiger charge is 1.99. The monoisotopic (exact) mass is 194 g/mol. The van der Waals surface area contributed by atoms with Crippen molar-refractivity contribution in [2.75, 3.05) is 19.6 Å². The molecule has 0 aliphatic heterocycles. The highest BCUT2D eigenvalue weighted by molar-refractivity contribution is 5.74. The van der Waals surface area contributed by atoms with Crippen LogP contribution in [0.5, 0.6) is 0 Å². The number of nitrogens with zero attached hydrogens (tertiary/aromatic N) is 2. The van der Waals surface area contributed by atoms with Crippen LogP contribution in [0.1, 0.15) is 24.2 Å². The molecule has 0 amide bonds. The van der Waals surface area contributed by atoms with Gasteiger partial charge in [-0.25, -0.2) is 0 Å². The third kappa shape index (κ3) is 3.00. The van der Waals surface area contributed by atoms with Gasteiger partial charge in [0.25, 0.3) is 0 Å². The molecule has 0 saturated heterocycles. The standard InChI is InChI=1S/C11H18N2O/c1-3-12(4-2)7-8-13-6-5-11(9-13)10-14/h5-6,9-10H,3-4,7-8H2,1-2H3. The Morgan fingerprint density at radius 1 is 1.43 bits per heavy atom. The first-order valence-electron chi connectivity index (χ1n) is 5.13. The van der Waals surface area contributed by atoms with Crippen LogP contribution in [0.4, 0.5) is 0 Å². The topological polar surface area (TPSA) is 25.2 Å². The maximum absolute atomic E-state index is 10.4. The maximum Gasteiger partial charge on any atom is 0.151 e. The number of carbonyl (C=O) groups excluding carboxylic acids is 1. The molecular weight excluding hydrogens is 176 g/mol. The largest absolute Gasteiger partial charge is 0.352 e. The van der Waals surface area contributed by atoms with Crippen LogP contribution in [-0.4, -0.2) is 35.4 Å². The molecule has 0 atom stereocenters. The minimum atomic E-state index is 0.754. The lowest BCUT2D eigenvalue weighted by Crippen LogP contribution is -2.26. The number of rotatable bonds is 6. The summed E-state index contributed by atoms with van der Waals surface area (Å²) in [5.41, 5.74) is 0.754. The molecule has 0 radical (unpaired) electrons. The quantitative estimate of drug-likeness (QED) is 0.643. The summed E-state index contributed by atoms with van der Waals surface area (Å²) < 4.78 is 2.06. The molecule has 78 valence electrons. The van der Waals surface area contributed by atoms with E-state index in [9.17, 15) is 4.79 Å². The molecule has 0 bridgehead atoms. The first-order valence-corrected chi connectivity index (χ1v) is 5.13. The van der Waals surface area contributed by atoms with Crippen LogP contribution < -0.4 is 0 Å². The minimum Gasteiger partial charge on any atom is -0.352 e. The fourth-order valence-electron chi connectivity index (χ4n) is 1.46. The van der Waals surface area contributed by atoms with Crippen LogP contribution in [-0.2, 0) is 6.54 Å². The van der Waals surface area contributed by atoms with E-state index in [4.69, 9.17) is 0 Å².